The Kier molecular flexibility index (Phi) is 3.07. The van der Waals surface area contributed by atoms with E-state index >= 15 is 0 Å². The zero-order valence-corrected chi connectivity index (χ0v) is 10.8. The molecule has 96 valence electrons. The average Bonchev–Trinajstić information content (AvgIpc) is 2.85. The fourth-order valence-electron chi connectivity index (χ4n) is 2.38. The third-order valence-electron chi connectivity index (χ3n) is 3.40. The highest BCUT2D eigenvalue weighted by Gasteiger charge is 2.18. The summed E-state index contributed by atoms with van der Waals surface area (Å²) in [7, 11) is 0. The summed E-state index contributed by atoms with van der Waals surface area (Å²) >= 11 is 0. The van der Waals surface area contributed by atoms with Gasteiger partial charge in [-0.05, 0) is 30.2 Å². The Balaban J connectivity index is 2.09. The topological polar surface area (TPSA) is 51.2 Å². The van der Waals surface area contributed by atoms with Gasteiger partial charge in [0, 0.05) is 5.39 Å². The van der Waals surface area contributed by atoms with Gasteiger partial charge in [-0.15, -0.1) is 0 Å². The molecule has 0 aliphatic rings. The van der Waals surface area contributed by atoms with Crippen LogP contribution in [0.5, 0.6) is 0 Å². The lowest BCUT2D eigenvalue weighted by Gasteiger charge is -2.15. The van der Waals surface area contributed by atoms with Crippen LogP contribution >= 0.6 is 0 Å². The Morgan fingerprint density at radius 3 is 2.53 bits per heavy atom. The predicted molar refractivity (Wildman–Crippen MR) is 76.6 cm³/mol. The molecule has 0 fully saturated rings. The molecule has 0 saturated carbocycles. The van der Waals surface area contributed by atoms with Crippen molar-refractivity contribution in [3.05, 3.63) is 71.5 Å². The van der Waals surface area contributed by atoms with Gasteiger partial charge in [-0.25, -0.2) is 5.43 Å². The van der Waals surface area contributed by atoms with Crippen LogP contribution in [0.2, 0.25) is 0 Å². The fourth-order valence-corrected chi connectivity index (χ4v) is 2.38. The first-order chi connectivity index (χ1) is 9.29. The maximum atomic E-state index is 5.89. The van der Waals surface area contributed by atoms with Crippen molar-refractivity contribution in [2.75, 3.05) is 0 Å². The molecule has 3 nitrogen and oxygen atoms in total. The minimum Gasteiger partial charge on any atom is -0.459 e. The molecule has 0 amide bonds. The van der Waals surface area contributed by atoms with Gasteiger partial charge in [0.2, 0.25) is 0 Å². The van der Waals surface area contributed by atoms with Gasteiger partial charge in [-0.3, -0.25) is 5.84 Å². The lowest BCUT2D eigenvalue weighted by Crippen LogP contribution is -2.29. The monoisotopic (exact) mass is 252 g/mol. The van der Waals surface area contributed by atoms with Crippen molar-refractivity contribution in [2.45, 2.75) is 13.0 Å². The Bertz CT molecular complexity index is 670. The number of benzene rings is 2. The largest absolute Gasteiger partial charge is 0.459 e. The molecule has 1 atom stereocenters. The number of fused-ring (bicyclic) bond motifs is 1. The third kappa shape index (κ3) is 2.14. The normalized spacial score (nSPS) is 12.7. The maximum Gasteiger partial charge on any atom is 0.134 e. The van der Waals surface area contributed by atoms with Crippen molar-refractivity contribution in [3.8, 4) is 0 Å². The number of rotatable bonds is 3. The van der Waals surface area contributed by atoms with E-state index in [0.29, 0.717) is 0 Å². The van der Waals surface area contributed by atoms with E-state index in [4.69, 9.17) is 10.3 Å². The van der Waals surface area contributed by atoms with E-state index in [1.807, 2.05) is 42.5 Å². The van der Waals surface area contributed by atoms with Gasteiger partial charge in [0.15, 0.2) is 0 Å². The standard InChI is InChI=1S/C16H16N2O/c1-11-6-2-4-8-13(11)16(18-17)15-10-12-7-3-5-9-14(12)19-15/h2-10,16,18H,17H2,1H3. The molecule has 0 aliphatic heterocycles. The highest BCUT2D eigenvalue weighted by Crippen LogP contribution is 2.29. The zero-order chi connectivity index (χ0) is 13.2. The van der Waals surface area contributed by atoms with Crippen LogP contribution in [-0.4, -0.2) is 0 Å². The van der Waals surface area contributed by atoms with Gasteiger partial charge in [0.25, 0.3) is 0 Å². The molecular formula is C16H16N2O. The van der Waals surface area contributed by atoms with Gasteiger partial charge < -0.3 is 4.42 Å². The van der Waals surface area contributed by atoms with Crippen molar-refractivity contribution in [3.63, 3.8) is 0 Å². The molecule has 3 N–H and O–H groups in total. The smallest absolute Gasteiger partial charge is 0.134 e. The van der Waals surface area contributed by atoms with Crippen LogP contribution in [0, 0.1) is 6.92 Å². The maximum absolute atomic E-state index is 5.89. The van der Waals surface area contributed by atoms with E-state index in [1.54, 1.807) is 0 Å². The van der Waals surface area contributed by atoms with Gasteiger partial charge in [0.1, 0.15) is 17.4 Å². The summed E-state index contributed by atoms with van der Waals surface area (Å²) in [6, 6.07) is 18.0. The Morgan fingerprint density at radius 1 is 1.05 bits per heavy atom. The summed E-state index contributed by atoms with van der Waals surface area (Å²) in [5.74, 6) is 6.55. The van der Waals surface area contributed by atoms with E-state index in [9.17, 15) is 0 Å². The van der Waals surface area contributed by atoms with Crippen LogP contribution in [0.1, 0.15) is 22.9 Å². The van der Waals surface area contributed by atoms with E-state index in [-0.39, 0.29) is 6.04 Å². The summed E-state index contributed by atoms with van der Waals surface area (Å²) in [6.45, 7) is 2.07. The Hall–Kier alpha value is -2.10. The molecule has 1 heterocycles. The molecule has 1 aromatic heterocycles. The number of para-hydroxylation sites is 1. The molecule has 3 heteroatoms. The van der Waals surface area contributed by atoms with Gasteiger partial charge in [-0.2, -0.15) is 0 Å². The predicted octanol–water partition coefficient (Wildman–Crippen LogP) is 3.29. The molecule has 0 spiro atoms. The summed E-state index contributed by atoms with van der Waals surface area (Å²) in [5.41, 5.74) is 6.04. The van der Waals surface area contributed by atoms with Crippen molar-refractivity contribution >= 4 is 11.0 Å². The van der Waals surface area contributed by atoms with E-state index in [0.717, 1.165) is 22.3 Å². The lowest BCUT2D eigenvalue weighted by molar-refractivity contribution is 0.476. The quantitative estimate of drug-likeness (QED) is 0.555. The molecule has 2 aromatic carbocycles. The van der Waals surface area contributed by atoms with Gasteiger partial charge >= 0.3 is 0 Å². The van der Waals surface area contributed by atoms with Gasteiger partial charge in [-0.1, -0.05) is 42.5 Å². The number of hydrogen-bond donors (Lipinski definition) is 2. The van der Waals surface area contributed by atoms with Crippen LogP contribution < -0.4 is 11.3 Å². The molecule has 1 unspecified atom stereocenters. The number of furan rings is 1. The summed E-state index contributed by atoms with van der Waals surface area (Å²) in [6.07, 6.45) is 0. The minimum atomic E-state index is -0.131. The number of aryl methyl sites for hydroxylation is 1. The molecule has 3 aromatic rings. The molecule has 3 rings (SSSR count). The van der Waals surface area contributed by atoms with Crippen LogP contribution in [0.25, 0.3) is 11.0 Å². The van der Waals surface area contributed by atoms with E-state index in [1.165, 1.54) is 5.56 Å². The van der Waals surface area contributed by atoms with Crippen LogP contribution in [0.3, 0.4) is 0 Å². The van der Waals surface area contributed by atoms with Crippen LogP contribution in [-0.2, 0) is 0 Å². The number of hydrogen-bond acceptors (Lipinski definition) is 3. The fraction of sp³-hybridized carbons (Fsp3) is 0.125. The van der Waals surface area contributed by atoms with E-state index in [2.05, 4.69) is 24.5 Å². The second-order valence-corrected chi connectivity index (χ2v) is 4.64. The van der Waals surface area contributed by atoms with E-state index < -0.39 is 0 Å². The minimum absolute atomic E-state index is 0.131. The first kappa shape index (κ1) is 12.0. The first-order valence-electron chi connectivity index (χ1n) is 6.29. The number of nitrogens with two attached hydrogens (primary N) is 1. The first-order valence-corrected chi connectivity index (χ1v) is 6.29. The molecular weight excluding hydrogens is 236 g/mol. The van der Waals surface area contributed by atoms with Crippen molar-refractivity contribution in [2.24, 2.45) is 5.84 Å². The number of nitrogens with one attached hydrogen (secondary N) is 1. The summed E-state index contributed by atoms with van der Waals surface area (Å²) < 4.78 is 5.89. The highest BCUT2D eigenvalue weighted by atomic mass is 16.3. The van der Waals surface area contributed by atoms with Gasteiger partial charge in [0.05, 0.1) is 0 Å². The Labute approximate surface area is 112 Å². The highest BCUT2D eigenvalue weighted by molar-refractivity contribution is 5.78. The van der Waals surface area contributed by atoms with Crippen LogP contribution in [0.15, 0.2) is 59.0 Å². The van der Waals surface area contributed by atoms with Crippen LogP contribution in [0.4, 0.5) is 0 Å². The van der Waals surface area contributed by atoms with Crippen molar-refractivity contribution in [1.29, 1.82) is 0 Å². The third-order valence-corrected chi connectivity index (χ3v) is 3.40. The lowest BCUT2D eigenvalue weighted by atomic mass is 10.00. The summed E-state index contributed by atoms with van der Waals surface area (Å²) in [5, 5.41) is 1.09. The molecule has 0 saturated heterocycles. The Morgan fingerprint density at radius 2 is 1.79 bits per heavy atom. The SMILES string of the molecule is Cc1ccccc1C(NN)c1cc2ccccc2o1. The van der Waals surface area contributed by atoms with Crippen molar-refractivity contribution in [1.82, 2.24) is 5.43 Å². The van der Waals surface area contributed by atoms with Crippen molar-refractivity contribution < 1.29 is 4.42 Å². The summed E-state index contributed by atoms with van der Waals surface area (Å²) in [4.78, 5) is 0. The average molecular weight is 252 g/mol. The zero-order valence-electron chi connectivity index (χ0n) is 10.8. The second kappa shape index (κ2) is 4.88. The molecule has 0 aliphatic carbocycles. The second-order valence-electron chi connectivity index (χ2n) is 4.64. The number of hydrazine groups is 1. The molecule has 0 bridgehead atoms. The molecule has 0 radical (unpaired) electrons. The molecule has 19 heavy (non-hydrogen) atoms.